The molecule has 31 heavy (non-hydrogen) atoms. The Morgan fingerprint density at radius 3 is 2.87 bits per heavy atom. The molecule has 9 nitrogen and oxygen atoms in total. The third kappa shape index (κ3) is 4.32. The molecule has 158 valence electrons. The molecule has 0 radical (unpaired) electrons. The summed E-state index contributed by atoms with van der Waals surface area (Å²) in [6.45, 7) is 3.81. The van der Waals surface area contributed by atoms with Gasteiger partial charge in [0, 0.05) is 11.8 Å². The van der Waals surface area contributed by atoms with Crippen LogP contribution in [0.15, 0.2) is 41.7 Å². The maximum absolute atomic E-state index is 12.7. The molecule has 2 amide bonds. The van der Waals surface area contributed by atoms with E-state index in [2.05, 4.69) is 31.3 Å². The van der Waals surface area contributed by atoms with Crippen molar-refractivity contribution in [3.63, 3.8) is 0 Å². The molecule has 1 aromatic carbocycles. The van der Waals surface area contributed by atoms with Crippen molar-refractivity contribution in [3.8, 4) is 17.2 Å². The highest BCUT2D eigenvalue weighted by molar-refractivity contribution is 7.83. The quantitative estimate of drug-likeness (QED) is 0.634. The van der Waals surface area contributed by atoms with Gasteiger partial charge in [-0.05, 0) is 61.9 Å². The SMILES string of the molecule is CC(C)n1ncc(S(=O)NC(=O)Nc2c(-c3ccnc(C#N)c3)ccc3c2CCC3)n1. The molecular formula is C21H21N7O2S. The Labute approximate surface area is 182 Å². The Balaban J connectivity index is 1.61. The normalized spacial score (nSPS) is 13.5. The number of hydrogen-bond donors (Lipinski definition) is 2. The zero-order valence-electron chi connectivity index (χ0n) is 17.1. The van der Waals surface area contributed by atoms with Gasteiger partial charge in [0.25, 0.3) is 0 Å². The summed E-state index contributed by atoms with van der Waals surface area (Å²) < 4.78 is 15.0. The molecule has 0 aliphatic heterocycles. The van der Waals surface area contributed by atoms with Crippen LogP contribution in [0.5, 0.6) is 0 Å². The summed E-state index contributed by atoms with van der Waals surface area (Å²) in [5.41, 5.74) is 4.74. The predicted octanol–water partition coefficient (Wildman–Crippen LogP) is 3.13. The Morgan fingerprint density at radius 2 is 2.13 bits per heavy atom. The smallest absolute Gasteiger partial charge is 0.306 e. The largest absolute Gasteiger partial charge is 0.331 e. The van der Waals surface area contributed by atoms with Gasteiger partial charge in [0.05, 0.1) is 17.9 Å². The second-order valence-corrected chi connectivity index (χ2v) is 8.60. The van der Waals surface area contributed by atoms with Gasteiger partial charge in [0.15, 0.2) is 16.0 Å². The molecule has 0 bridgehead atoms. The zero-order valence-corrected chi connectivity index (χ0v) is 17.9. The van der Waals surface area contributed by atoms with Gasteiger partial charge in [-0.1, -0.05) is 12.1 Å². The number of carbonyl (C=O) groups is 1. The summed E-state index contributed by atoms with van der Waals surface area (Å²) in [6.07, 6.45) is 5.72. The van der Waals surface area contributed by atoms with Gasteiger partial charge in [0.2, 0.25) is 0 Å². The van der Waals surface area contributed by atoms with E-state index in [1.165, 1.54) is 16.6 Å². The third-order valence-corrected chi connectivity index (χ3v) is 5.97. The van der Waals surface area contributed by atoms with Crippen LogP contribution in [0.3, 0.4) is 0 Å². The van der Waals surface area contributed by atoms with E-state index in [1.54, 1.807) is 18.3 Å². The fourth-order valence-corrected chi connectivity index (χ4v) is 4.20. The van der Waals surface area contributed by atoms with Crippen molar-refractivity contribution < 1.29 is 9.00 Å². The Bertz CT molecular complexity index is 1210. The van der Waals surface area contributed by atoms with E-state index in [0.717, 1.165) is 36.0 Å². The molecule has 2 N–H and O–H groups in total. The van der Waals surface area contributed by atoms with E-state index in [1.807, 2.05) is 26.0 Å². The van der Waals surface area contributed by atoms with Crippen molar-refractivity contribution in [2.75, 3.05) is 5.32 Å². The Hall–Kier alpha value is -3.58. The standard InChI is InChI=1S/C21H21N7O2S/c1-13(2)28-24-12-19(26-28)31(30)27-21(29)25-20-17-5-3-4-14(17)6-7-18(20)15-8-9-23-16(10-15)11-22/h6-10,12-13H,3-5H2,1-2H3,(H2,25,27,29). The van der Waals surface area contributed by atoms with Crippen molar-refractivity contribution >= 4 is 22.7 Å². The monoisotopic (exact) mass is 435 g/mol. The number of carbonyl (C=O) groups excluding carboxylic acids is 1. The molecule has 0 spiro atoms. The lowest BCUT2D eigenvalue weighted by Crippen LogP contribution is -2.31. The van der Waals surface area contributed by atoms with E-state index in [0.29, 0.717) is 11.4 Å². The minimum atomic E-state index is -1.85. The van der Waals surface area contributed by atoms with Crippen molar-refractivity contribution in [3.05, 3.63) is 53.5 Å². The molecular weight excluding hydrogens is 414 g/mol. The summed E-state index contributed by atoms with van der Waals surface area (Å²) in [5, 5.41) is 20.4. The summed E-state index contributed by atoms with van der Waals surface area (Å²) in [4.78, 5) is 18.2. The van der Waals surface area contributed by atoms with Gasteiger partial charge in [-0.15, -0.1) is 5.10 Å². The topological polar surface area (TPSA) is 126 Å². The average molecular weight is 436 g/mol. The number of aryl methyl sites for hydroxylation is 1. The maximum Gasteiger partial charge on any atom is 0.331 e. The van der Waals surface area contributed by atoms with Crippen LogP contribution in [0.4, 0.5) is 10.5 Å². The molecule has 4 rings (SSSR count). The second-order valence-electron chi connectivity index (χ2n) is 7.44. The lowest BCUT2D eigenvalue weighted by atomic mass is 9.97. The third-order valence-electron chi connectivity index (χ3n) is 5.03. The number of pyridine rings is 1. The number of aromatic nitrogens is 4. The molecule has 2 heterocycles. The molecule has 0 fully saturated rings. The van der Waals surface area contributed by atoms with Gasteiger partial charge in [-0.25, -0.2) is 14.0 Å². The minimum Gasteiger partial charge on any atom is -0.306 e. The van der Waals surface area contributed by atoms with Crippen LogP contribution in [0.25, 0.3) is 11.1 Å². The lowest BCUT2D eigenvalue weighted by Gasteiger charge is -2.16. The first kappa shape index (κ1) is 20.7. The van der Waals surface area contributed by atoms with Gasteiger partial charge in [0.1, 0.15) is 11.8 Å². The highest BCUT2D eigenvalue weighted by Crippen LogP contribution is 2.37. The van der Waals surface area contributed by atoms with Gasteiger partial charge < -0.3 is 5.32 Å². The molecule has 1 atom stereocenters. The Kier molecular flexibility index (Phi) is 5.77. The average Bonchev–Trinajstić information content (AvgIpc) is 3.44. The zero-order chi connectivity index (χ0) is 22.0. The van der Waals surface area contributed by atoms with Gasteiger partial charge in [-0.2, -0.15) is 15.2 Å². The van der Waals surface area contributed by atoms with Gasteiger partial charge in [-0.3, -0.25) is 4.72 Å². The van der Waals surface area contributed by atoms with Crippen LogP contribution >= 0.6 is 0 Å². The molecule has 0 saturated heterocycles. The van der Waals surface area contributed by atoms with E-state index in [-0.39, 0.29) is 11.1 Å². The lowest BCUT2D eigenvalue weighted by molar-refractivity contribution is 0.257. The van der Waals surface area contributed by atoms with Crippen molar-refractivity contribution in [1.29, 1.82) is 5.26 Å². The van der Waals surface area contributed by atoms with Gasteiger partial charge >= 0.3 is 6.03 Å². The summed E-state index contributed by atoms with van der Waals surface area (Å²) in [5.74, 6) is 0. The Morgan fingerprint density at radius 1 is 1.29 bits per heavy atom. The molecule has 1 aliphatic rings. The van der Waals surface area contributed by atoms with E-state index >= 15 is 0 Å². The molecule has 1 aliphatic carbocycles. The highest BCUT2D eigenvalue weighted by Gasteiger charge is 2.22. The van der Waals surface area contributed by atoms with Crippen LogP contribution in [0, 0.1) is 11.3 Å². The number of rotatable bonds is 5. The summed E-state index contributed by atoms with van der Waals surface area (Å²) in [7, 11) is -1.85. The van der Waals surface area contributed by atoms with Crippen LogP contribution in [-0.4, -0.2) is 30.2 Å². The van der Waals surface area contributed by atoms with Crippen molar-refractivity contribution in [2.24, 2.45) is 0 Å². The van der Waals surface area contributed by atoms with Crippen LogP contribution in [-0.2, 0) is 23.8 Å². The van der Waals surface area contributed by atoms with Crippen molar-refractivity contribution in [2.45, 2.75) is 44.2 Å². The van der Waals surface area contributed by atoms with Crippen LogP contribution in [0.1, 0.15) is 43.1 Å². The van der Waals surface area contributed by atoms with E-state index in [9.17, 15) is 14.3 Å². The first-order valence-electron chi connectivity index (χ1n) is 9.88. The first-order chi connectivity index (χ1) is 15.0. The maximum atomic E-state index is 12.7. The number of nitriles is 1. The van der Waals surface area contributed by atoms with Crippen LogP contribution in [0.2, 0.25) is 0 Å². The van der Waals surface area contributed by atoms with E-state index in [4.69, 9.17) is 0 Å². The first-order valence-corrected chi connectivity index (χ1v) is 11.0. The van der Waals surface area contributed by atoms with Crippen molar-refractivity contribution in [1.82, 2.24) is 24.7 Å². The number of anilines is 1. The molecule has 3 aromatic rings. The summed E-state index contributed by atoms with van der Waals surface area (Å²) >= 11 is 0. The number of fused-ring (bicyclic) bond motifs is 1. The number of nitrogens with zero attached hydrogens (tertiary/aromatic N) is 5. The minimum absolute atomic E-state index is 0.0210. The summed E-state index contributed by atoms with van der Waals surface area (Å²) in [6, 6.07) is 8.92. The fourth-order valence-electron chi connectivity index (χ4n) is 3.58. The molecule has 10 heteroatoms. The molecule has 2 aromatic heterocycles. The fraction of sp³-hybridized carbons (Fsp3) is 0.286. The number of urea groups is 1. The van der Waals surface area contributed by atoms with Crippen LogP contribution < -0.4 is 10.0 Å². The number of benzene rings is 1. The second kappa shape index (κ2) is 8.65. The molecule has 1 unspecified atom stereocenters. The highest BCUT2D eigenvalue weighted by atomic mass is 32.2. The number of hydrogen-bond acceptors (Lipinski definition) is 6. The number of nitrogens with one attached hydrogen (secondary N) is 2. The van der Waals surface area contributed by atoms with E-state index < -0.39 is 17.0 Å². The molecule has 0 saturated carbocycles. The predicted molar refractivity (Wildman–Crippen MR) is 115 cm³/mol. The number of amides is 2.